The van der Waals surface area contributed by atoms with Crippen LogP contribution in [0.15, 0.2) is 55.3 Å². The fourth-order valence-electron chi connectivity index (χ4n) is 1.76. The number of carbonyl (C=O) groups is 1. The maximum atomic E-state index is 13.5. The highest BCUT2D eigenvalue weighted by Crippen LogP contribution is 2.09. The molecular weight excluding hydrogens is 269 g/mol. The van der Waals surface area contributed by atoms with E-state index in [0.717, 1.165) is 5.69 Å². The largest absolute Gasteiger partial charge is 0.381 e. The Morgan fingerprint density at radius 1 is 1.33 bits per heavy atom. The summed E-state index contributed by atoms with van der Waals surface area (Å²) in [5.41, 5.74) is 1.49. The molecule has 0 saturated heterocycles. The molecule has 1 heterocycles. The smallest absolute Gasteiger partial charge is 0.270 e. The molecule has 0 saturated carbocycles. The first kappa shape index (κ1) is 14.7. The first-order valence-corrected chi connectivity index (χ1v) is 6.53. The highest BCUT2D eigenvalue weighted by Gasteiger charge is 2.09. The van der Waals surface area contributed by atoms with E-state index in [1.54, 1.807) is 42.6 Å². The minimum Gasteiger partial charge on any atom is -0.381 e. The number of pyridine rings is 1. The fourth-order valence-corrected chi connectivity index (χ4v) is 1.76. The second-order valence-electron chi connectivity index (χ2n) is 4.37. The van der Waals surface area contributed by atoms with Gasteiger partial charge in [0.25, 0.3) is 5.91 Å². The Bertz CT molecular complexity index is 643. The van der Waals surface area contributed by atoms with Crippen LogP contribution in [0.1, 0.15) is 16.1 Å². The van der Waals surface area contributed by atoms with Crippen LogP contribution in [-0.2, 0) is 6.54 Å². The summed E-state index contributed by atoms with van der Waals surface area (Å²) >= 11 is 0. The monoisotopic (exact) mass is 285 g/mol. The third kappa shape index (κ3) is 4.14. The molecule has 0 unspecified atom stereocenters. The molecule has 1 amide bonds. The van der Waals surface area contributed by atoms with E-state index in [0.29, 0.717) is 12.1 Å². The van der Waals surface area contributed by atoms with Crippen LogP contribution in [0.4, 0.5) is 10.1 Å². The number of nitrogens with zero attached hydrogens (tertiary/aromatic N) is 1. The van der Waals surface area contributed by atoms with Gasteiger partial charge in [-0.1, -0.05) is 24.3 Å². The Hall–Kier alpha value is -2.69. The van der Waals surface area contributed by atoms with Gasteiger partial charge in [0.2, 0.25) is 0 Å². The number of amides is 1. The van der Waals surface area contributed by atoms with Gasteiger partial charge in [0.05, 0.1) is 0 Å². The van der Waals surface area contributed by atoms with Gasteiger partial charge >= 0.3 is 0 Å². The van der Waals surface area contributed by atoms with E-state index >= 15 is 0 Å². The van der Waals surface area contributed by atoms with Gasteiger partial charge in [-0.05, 0) is 18.2 Å². The van der Waals surface area contributed by atoms with Gasteiger partial charge < -0.3 is 10.6 Å². The van der Waals surface area contributed by atoms with Crippen molar-refractivity contribution in [2.24, 2.45) is 0 Å². The molecule has 2 aromatic rings. The summed E-state index contributed by atoms with van der Waals surface area (Å²) < 4.78 is 13.5. The van der Waals surface area contributed by atoms with E-state index in [9.17, 15) is 9.18 Å². The number of nitrogens with one attached hydrogen (secondary N) is 2. The molecule has 4 nitrogen and oxygen atoms in total. The molecule has 0 radical (unpaired) electrons. The molecule has 0 aliphatic carbocycles. The molecule has 0 atom stereocenters. The Balaban J connectivity index is 2.00. The molecule has 0 fully saturated rings. The predicted molar refractivity (Wildman–Crippen MR) is 80.5 cm³/mol. The van der Waals surface area contributed by atoms with Crippen LogP contribution >= 0.6 is 0 Å². The molecule has 2 rings (SSSR count). The molecule has 0 aliphatic heterocycles. The topological polar surface area (TPSA) is 54.0 Å². The second kappa shape index (κ2) is 7.19. The number of benzene rings is 1. The van der Waals surface area contributed by atoms with Gasteiger partial charge in [-0.2, -0.15) is 0 Å². The van der Waals surface area contributed by atoms with Gasteiger partial charge in [-0.15, -0.1) is 6.58 Å². The number of hydrogen-bond acceptors (Lipinski definition) is 3. The van der Waals surface area contributed by atoms with Crippen LogP contribution in [0.25, 0.3) is 0 Å². The van der Waals surface area contributed by atoms with Crippen molar-refractivity contribution in [2.75, 3.05) is 11.9 Å². The molecule has 0 bridgehead atoms. The second-order valence-corrected chi connectivity index (χ2v) is 4.37. The van der Waals surface area contributed by atoms with Crippen molar-refractivity contribution in [3.8, 4) is 0 Å². The van der Waals surface area contributed by atoms with Crippen molar-refractivity contribution in [1.29, 1.82) is 0 Å². The zero-order valence-corrected chi connectivity index (χ0v) is 11.5. The third-order valence-electron chi connectivity index (χ3n) is 2.84. The van der Waals surface area contributed by atoms with E-state index < -0.39 is 0 Å². The van der Waals surface area contributed by atoms with E-state index in [2.05, 4.69) is 22.2 Å². The number of halogens is 1. The minimum absolute atomic E-state index is 0.123. The third-order valence-corrected chi connectivity index (χ3v) is 2.84. The maximum Gasteiger partial charge on any atom is 0.270 e. The molecule has 21 heavy (non-hydrogen) atoms. The zero-order chi connectivity index (χ0) is 15.1. The Labute approximate surface area is 122 Å². The van der Waals surface area contributed by atoms with Crippen LogP contribution in [0.2, 0.25) is 0 Å². The van der Waals surface area contributed by atoms with Crippen LogP contribution in [-0.4, -0.2) is 17.4 Å². The van der Waals surface area contributed by atoms with E-state index in [1.807, 2.05) is 0 Å². The van der Waals surface area contributed by atoms with Gasteiger partial charge in [0.15, 0.2) is 0 Å². The summed E-state index contributed by atoms with van der Waals surface area (Å²) in [6.07, 6.45) is 3.27. The SMILES string of the molecule is C=CCNc1ccnc(C(=O)NCc2ccccc2F)c1. The van der Waals surface area contributed by atoms with E-state index in [4.69, 9.17) is 0 Å². The highest BCUT2D eigenvalue weighted by molar-refractivity contribution is 5.93. The van der Waals surface area contributed by atoms with Gasteiger partial charge in [0, 0.05) is 30.5 Å². The average Bonchev–Trinajstić information content (AvgIpc) is 2.52. The van der Waals surface area contributed by atoms with Gasteiger partial charge in [0.1, 0.15) is 11.5 Å². The maximum absolute atomic E-state index is 13.5. The van der Waals surface area contributed by atoms with Crippen LogP contribution < -0.4 is 10.6 Å². The zero-order valence-electron chi connectivity index (χ0n) is 11.5. The van der Waals surface area contributed by atoms with E-state index in [-0.39, 0.29) is 24.0 Å². The van der Waals surface area contributed by atoms with Crippen molar-refractivity contribution >= 4 is 11.6 Å². The summed E-state index contributed by atoms with van der Waals surface area (Å²) in [5, 5.41) is 5.72. The lowest BCUT2D eigenvalue weighted by Crippen LogP contribution is -2.24. The predicted octanol–water partition coefficient (Wildman–Crippen LogP) is 2.75. The number of carbonyl (C=O) groups excluding carboxylic acids is 1. The molecule has 108 valence electrons. The summed E-state index contributed by atoms with van der Waals surface area (Å²) in [6, 6.07) is 9.72. The lowest BCUT2D eigenvalue weighted by molar-refractivity contribution is 0.0945. The first-order valence-electron chi connectivity index (χ1n) is 6.53. The molecule has 1 aromatic heterocycles. The molecule has 5 heteroatoms. The molecule has 0 aliphatic rings. The van der Waals surface area contributed by atoms with Crippen molar-refractivity contribution < 1.29 is 9.18 Å². The summed E-state index contributed by atoms with van der Waals surface area (Å²) in [7, 11) is 0. The van der Waals surface area contributed by atoms with Gasteiger partial charge in [-0.3, -0.25) is 9.78 Å². The summed E-state index contributed by atoms with van der Waals surface area (Å²) in [6.45, 7) is 4.33. The van der Waals surface area contributed by atoms with Crippen molar-refractivity contribution in [2.45, 2.75) is 6.54 Å². The normalized spacial score (nSPS) is 9.95. The molecule has 1 aromatic carbocycles. The van der Waals surface area contributed by atoms with E-state index in [1.165, 1.54) is 6.07 Å². The van der Waals surface area contributed by atoms with Crippen LogP contribution in [0, 0.1) is 5.82 Å². The van der Waals surface area contributed by atoms with Crippen molar-refractivity contribution in [3.05, 3.63) is 72.3 Å². The minimum atomic E-state index is -0.347. The quantitative estimate of drug-likeness (QED) is 0.802. The summed E-state index contributed by atoms with van der Waals surface area (Å²) in [4.78, 5) is 16.0. The summed E-state index contributed by atoms with van der Waals surface area (Å²) in [5.74, 6) is -0.687. The lowest BCUT2D eigenvalue weighted by Gasteiger charge is -2.07. The number of hydrogen-bond donors (Lipinski definition) is 2. The number of rotatable bonds is 6. The highest BCUT2D eigenvalue weighted by atomic mass is 19.1. The fraction of sp³-hybridized carbons (Fsp3) is 0.125. The number of aromatic nitrogens is 1. The standard InChI is InChI=1S/C16H16FN3O/c1-2-8-18-13-7-9-19-15(10-13)16(21)20-11-12-5-3-4-6-14(12)17/h2-7,9-10H,1,8,11H2,(H,18,19)(H,20,21). The lowest BCUT2D eigenvalue weighted by atomic mass is 10.2. The van der Waals surface area contributed by atoms with Crippen LogP contribution in [0.5, 0.6) is 0 Å². The van der Waals surface area contributed by atoms with Crippen molar-refractivity contribution in [3.63, 3.8) is 0 Å². The average molecular weight is 285 g/mol. The van der Waals surface area contributed by atoms with Gasteiger partial charge in [-0.25, -0.2) is 4.39 Å². The Kier molecular flexibility index (Phi) is 5.04. The number of anilines is 1. The molecular formula is C16H16FN3O. The molecule has 2 N–H and O–H groups in total. The first-order chi connectivity index (χ1) is 10.2. The Morgan fingerprint density at radius 2 is 2.14 bits per heavy atom. The van der Waals surface area contributed by atoms with Crippen LogP contribution in [0.3, 0.4) is 0 Å². The van der Waals surface area contributed by atoms with Crippen molar-refractivity contribution in [1.82, 2.24) is 10.3 Å². The molecule has 0 spiro atoms. The Morgan fingerprint density at radius 3 is 2.90 bits per heavy atom.